The fourth-order valence-corrected chi connectivity index (χ4v) is 2.12. The first kappa shape index (κ1) is 14.4. The van der Waals surface area contributed by atoms with Crippen LogP contribution in [0.4, 0.5) is 0 Å². The lowest BCUT2D eigenvalue weighted by Crippen LogP contribution is -2.07. The van der Waals surface area contributed by atoms with Gasteiger partial charge in [-0.1, -0.05) is 24.3 Å². The summed E-state index contributed by atoms with van der Waals surface area (Å²) in [7, 11) is 0. The maximum absolute atomic E-state index is 11.2. The van der Waals surface area contributed by atoms with Gasteiger partial charge in [0.1, 0.15) is 5.75 Å². The Hall–Kier alpha value is -2.03. The molecule has 0 radical (unpaired) electrons. The summed E-state index contributed by atoms with van der Waals surface area (Å²) < 4.78 is 10.6. The third kappa shape index (κ3) is 3.73. The number of hydrogen-bond acceptors (Lipinski definition) is 3. The lowest BCUT2D eigenvalue weighted by molar-refractivity contribution is -0.143. The Balaban J connectivity index is 1.93. The topological polar surface area (TPSA) is 35.5 Å². The van der Waals surface area contributed by atoms with Crippen LogP contribution in [0.25, 0.3) is 10.8 Å². The van der Waals surface area contributed by atoms with Crippen LogP contribution in [0.3, 0.4) is 0 Å². The average Bonchev–Trinajstić information content (AvgIpc) is 2.44. The van der Waals surface area contributed by atoms with E-state index in [1.807, 2.05) is 26.0 Å². The van der Waals surface area contributed by atoms with Gasteiger partial charge in [0.05, 0.1) is 13.2 Å². The number of carbonyl (C=O) groups is 1. The number of ether oxygens (including phenoxy) is 2. The van der Waals surface area contributed by atoms with E-state index in [-0.39, 0.29) is 5.97 Å². The van der Waals surface area contributed by atoms with Gasteiger partial charge in [-0.05, 0) is 48.7 Å². The number of fused-ring (bicyclic) bond motifs is 1. The molecule has 106 valence electrons. The van der Waals surface area contributed by atoms with Gasteiger partial charge in [0.2, 0.25) is 0 Å². The summed E-state index contributed by atoms with van der Waals surface area (Å²) in [5, 5.41) is 2.38. The van der Waals surface area contributed by atoms with Crippen LogP contribution in [-0.2, 0) is 9.53 Å². The second kappa shape index (κ2) is 6.94. The van der Waals surface area contributed by atoms with E-state index in [9.17, 15) is 4.79 Å². The van der Waals surface area contributed by atoms with Crippen molar-refractivity contribution in [2.45, 2.75) is 26.7 Å². The van der Waals surface area contributed by atoms with E-state index in [0.29, 0.717) is 26.1 Å². The van der Waals surface area contributed by atoms with Crippen LogP contribution in [0.2, 0.25) is 0 Å². The predicted molar refractivity (Wildman–Crippen MR) is 80.0 cm³/mol. The fraction of sp³-hybridized carbons (Fsp3) is 0.353. The molecule has 3 nitrogen and oxygen atoms in total. The van der Waals surface area contributed by atoms with Crippen LogP contribution in [0, 0.1) is 6.92 Å². The molecule has 2 rings (SSSR count). The smallest absolute Gasteiger partial charge is 0.305 e. The molecule has 0 aliphatic rings. The SMILES string of the molecule is CCOC(=O)CCCOc1cc2ccccc2cc1C. The molecule has 0 saturated carbocycles. The van der Waals surface area contributed by atoms with Gasteiger partial charge in [-0.2, -0.15) is 0 Å². The molecular formula is C17H20O3. The summed E-state index contributed by atoms with van der Waals surface area (Å²) in [6, 6.07) is 12.4. The lowest BCUT2D eigenvalue weighted by Gasteiger charge is -2.10. The zero-order valence-electron chi connectivity index (χ0n) is 12.0. The summed E-state index contributed by atoms with van der Waals surface area (Å²) in [4.78, 5) is 11.2. The van der Waals surface area contributed by atoms with Gasteiger partial charge >= 0.3 is 5.97 Å². The minimum atomic E-state index is -0.161. The number of aryl methyl sites for hydroxylation is 1. The second-order valence-electron chi connectivity index (χ2n) is 4.72. The van der Waals surface area contributed by atoms with Gasteiger partial charge in [0.25, 0.3) is 0 Å². The van der Waals surface area contributed by atoms with E-state index < -0.39 is 0 Å². The molecule has 0 atom stereocenters. The molecular weight excluding hydrogens is 252 g/mol. The third-order valence-electron chi connectivity index (χ3n) is 3.13. The van der Waals surface area contributed by atoms with Crippen LogP contribution < -0.4 is 4.74 Å². The van der Waals surface area contributed by atoms with Crippen molar-refractivity contribution in [1.82, 2.24) is 0 Å². The first-order chi connectivity index (χ1) is 9.70. The number of esters is 1. The van der Waals surface area contributed by atoms with E-state index in [1.54, 1.807) is 0 Å². The van der Waals surface area contributed by atoms with Gasteiger partial charge in [-0.3, -0.25) is 4.79 Å². The van der Waals surface area contributed by atoms with E-state index >= 15 is 0 Å². The molecule has 20 heavy (non-hydrogen) atoms. The Labute approximate surface area is 119 Å². The summed E-state index contributed by atoms with van der Waals surface area (Å²) in [5.41, 5.74) is 1.11. The summed E-state index contributed by atoms with van der Waals surface area (Å²) in [6.45, 7) is 4.81. The molecule has 0 saturated heterocycles. The molecule has 0 N–H and O–H groups in total. The number of rotatable bonds is 6. The minimum absolute atomic E-state index is 0.161. The lowest BCUT2D eigenvalue weighted by atomic mass is 10.1. The highest BCUT2D eigenvalue weighted by Gasteiger charge is 2.04. The van der Waals surface area contributed by atoms with E-state index in [0.717, 1.165) is 11.3 Å². The van der Waals surface area contributed by atoms with Gasteiger partial charge in [0.15, 0.2) is 0 Å². The molecule has 2 aromatic rings. The Bertz CT molecular complexity index is 590. The minimum Gasteiger partial charge on any atom is -0.493 e. The van der Waals surface area contributed by atoms with E-state index in [4.69, 9.17) is 9.47 Å². The van der Waals surface area contributed by atoms with Gasteiger partial charge in [-0.25, -0.2) is 0 Å². The molecule has 3 heteroatoms. The quantitative estimate of drug-likeness (QED) is 0.591. The van der Waals surface area contributed by atoms with Crippen molar-refractivity contribution in [2.24, 2.45) is 0 Å². The van der Waals surface area contributed by atoms with Crippen LogP contribution in [-0.4, -0.2) is 19.2 Å². The van der Waals surface area contributed by atoms with Gasteiger partial charge in [0, 0.05) is 6.42 Å². The molecule has 0 amide bonds. The first-order valence-electron chi connectivity index (χ1n) is 6.98. The van der Waals surface area contributed by atoms with Crippen molar-refractivity contribution in [2.75, 3.05) is 13.2 Å². The molecule has 0 aromatic heterocycles. The standard InChI is InChI=1S/C17H20O3/c1-3-19-17(18)9-6-10-20-16-12-15-8-5-4-7-14(15)11-13(16)2/h4-5,7-8,11-12H,3,6,9-10H2,1-2H3. The molecule has 0 spiro atoms. The van der Waals surface area contributed by atoms with Gasteiger partial charge < -0.3 is 9.47 Å². The first-order valence-corrected chi connectivity index (χ1v) is 6.98. The number of benzene rings is 2. The monoisotopic (exact) mass is 272 g/mol. The van der Waals surface area contributed by atoms with Crippen molar-refractivity contribution in [3.05, 3.63) is 42.0 Å². The number of carbonyl (C=O) groups excluding carboxylic acids is 1. The average molecular weight is 272 g/mol. The van der Waals surface area contributed by atoms with Crippen molar-refractivity contribution in [1.29, 1.82) is 0 Å². The molecule has 2 aromatic carbocycles. The summed E-state index contributed by atoms with van der Waals surface area (Å²) in [5.74, 6) is 0.721. The normalized spacial score (nSPS) is 10.5. The highest BCUT2D eigenvalue weighted by Crippen LogP contribution is 2.25. The molecule has 0 aliphatic heterocycles. The molecule has 0 bridgehead atoms. The highest BCUT2D eigenvalue weighted by molar-refractivity contribution is 5.84. The molecule has 0 fully saturated rings. The Morgan fingerprint density at radius 1 is 1.15 bits per heavy atom. The second-order valence-corrected chi connectivity index (χ2v) is 4.72. The largest absolute Gasteiger partial charge is 0.493 e. The molecule has 0 aliphatic carbocycles. The van der Waals surface area contributed by atoms with Crippen LogP contribution in [0.1, 0.15) is 25.3 Å². The Kier molecular flexibility index (Phi) is 4.99. The Morgan fingerprint density at radius 3 is 2.55 bits per heavy atom. The van der Waals surface area contributed by atoms with Crippen LogP contribution >= 0.6 is 0 Å². The highest BCUT2D eigenvalue weighted by atomic mass is 16.5. The van der Waals surface area contributed by atoms with E-state index in [1.165, 1.54) is 10.8 Å². The fourth-order valence-electron chi connectivity index (χ4n) is 2.12. The number of hydrogen-bond donors (Lipinski definition) is 0. The zero-order valence-corrected chi connectivity index (χ0v) is 12.0. The molecule has 0 unspecified atom stereocenters. The third-order valence-corrected chi connectivity index (χ3v) is 3.13. The Morgan fingerprint density at radius 2 is 1.85 bits per heavy atom. The maximum Gasteiger partial charge on any atom is 0.305 e. The van der Waals surface area contributed by atoms with Crippen molar-refractivity contribution >= 4 is 16.7 Å². The van der Waals surface area contributed by atoms with E-state index in [2.05, 4.69) is 24.3 Å². The van der Waals surface area contributed by atoms with Crippen LogP contribution in [0.5, 0.6) is 5.75 Å². The van der Waals surface area contributed by atoms with Crippen molar-refractivity contribution in [3.8, 4) is 5.75 Å². The zero-order chi connectivity index (χ0) is 14.4. The van der Waals surface area contributed by atoms with Gasteiger partial charge in [-0.15, -0.1) is 0 Å². The van der Waals surface area contributed by atoms with Crippen LogP contribution in [0.15, 0.2) is 36.4 Å². The summed E-state index contributed by atoms with van der Waals surface area (Å²) >= 11 is 0. The maximum atomic E-state index is 11.2. The predicted octanol–water partition coefficient (Wildman–Crippen LogP) is 3.87. The van der Waals surface area contributed by atoms with Crippen molar-refractivity contribution < 1.29 is 14.3 Å². The molecule has 0 heterocycles. The summed E-state index contributed by atoms with van der Waals surface area (Å²) in [6.07, 6.45) is 1.07. The van der Waals surface area contributed by atoms with Crippen molar-refractivity contribution in [3.63, 3.8) is 0 Å².